The van der Waals surface area contributed by atoms with Crippen molar-refractivity contribution >= 4 is 0 Å². The van der Waals surface area contributed by atoms with E-state index in [-0.39, 0.29) is 0 Å². The maximum Gasteiger partial charge on any atom is 0.0897 e. The van der Waals surface area contributed by atoms with Crippen molar-refractivity contribution in [3.63, 3.8) is 0 Å². The molecule has 0 aliphatic heterocycles. The monoisotopic (exact) mass is 289 g/mol. The van der Waals surface area contributed by atoms with Gasteiger partial charge in [0.1, 0.15) is 0 Å². The molecule has 0 amide bonds. The van der Waals surface area contributed by atoms with E-state index in [2.05, 4.69) is 33.0 Å². The van der Waals surface area contributed by atoms with Crippen LogP contribution in [0.4, 0.5) is 0 Å². The van der Waals surface area contributed by atoms with Gasteiger partial charge in [0.05, 0.1) is 25.9 Å². The van der Waals surface area contributed by atoms with Gasteiger partial charge in [0, 0.05) is 19.2 Å². The van der Waals surface area contributed by atoms with Gasteiger partial charge in [-0.25, -0.2) is 0 Å². The number of ether oxygens (including phenoxy) is 2. The van der Waals surface area contributed by atoms with Crippen LogP contribution in [0.2, 0.25) is 0 Å². The molecular formula is C16H35NO3. The summed E-state index contributed by atoms with van der Waals surface area (Å²) in [5.41, 5.74) is 0. The maximum absolute atomic E-state index is 9.84. The van der Waals surface area contributed by atoms with Crippen LogP contribution in [-0.2, 0) is 9.47 Å². The summed E-state index contributed by atoms with van der Waals surface area (Å²) in [6.45, 7) is 11.7. The van der Waals surface area contributed by atoms with E-state index in [0.717, 1.165) is 19.4 Å². The molecule has 2 atom stereocenters. The molecule has 0 saturated carbocycles. The lowest BCUT2D eigenvalue weighted by Crippen LogP contribution is -2.39. The second-order valence-electron chi connectivity index (χ2n) is 5.47. The van der Waals surface area contributed by atoms with Crippen LogP contribution in [0, 0.1) is 5.92 Å². The number of aliphatic hydroxyl groups excluding tert-OH is 1. The van der Waals surface area contributed by atoms with E-state index in [1.54, 1.807) is 0 Å². The summed E-state index contributed by atoms with van der Waals surface area (Å²) in [5.74, 6) is 0.676. The molecule has 0 aromatic heterocycles. The third kappa shape index (κ3) is 10.6. The predicted molar refractivity (Wildman–Crippen MR) is 84.1 cm³/mol. The number of rotatable bonds is 14. The Balaban J connectivity index is 3.47. The molecule has 0 aromatic carbocycles. The van der Waals surface area contributed by atoms with Crippen LogP contribution in [0.25, 0.3) is 0 Å². The first-order valence-corrected chi connectivity index (χ1v) is 8.22. The molecule has 0 rings (SSSR count). The van der Waals surface area contributed by atoms with Gasteiger partial charge in [0.2, 0.25) is 0 Å². The number of hydrogen-bond donors (Lipinski definition) is 2. The van der Waals surface area contributed by atoms with Gasteiger partial charge in [-0.05, 0) is 19.3 Å². The van der Waals surface area contributed by atoms with Gasteiger partial charge in [0.25, 0.3) is 0 Å². The van der Waals surface area contributed by atoms with Crippen LogP contribution in [0.5, 0.6) is 0 Å². The molecule has 0 bridgehead atoms. The molecule has 0 spiro atoms. The standard InChI is InChI=1S/C16H35NO3/c1-5-8-9-19-10-11-20-13-16(18)12-17-14(4)15(6-2)7-3/h14-18H,5-13H2,1-4H3. The van der Waals surface area contributed by atoms with Crippen LogP contribution < -0.4 is 5.32 Å². The summed E-state index contributed by atoms with van der Waals surface area (Å²) in [5, 5.41) is 13.2. The van der Waals surface area contributed by atoms with E-state index in [1.165, 1.54) is 12.8 Å². The lowest BCUT2D eigenvalue weighted by molar-refractivity contribution is 0.00280. The van der Waals surface area contributed by atoms with Crippen LogP contribution in [0.1, 0.15) is 53.4 Å². The Morgan fingerprint density at radius 2 is 1.65 bits per heavy atom. The van der Waals surface area contributed by atoms with Gasteiger partial charge in [-0.3, -0.25) is 0 Å². The Morgan fingerprint density at radius 1 is 1.00 bits per heavy atom. The summed E-state index contributed by atoms with van der Waals surface area (Å²) >= 11 is 0. The van der Waals surface area contributed by atoms with Crippen molar-refractivity contribution in [1.29, 1.82) is 0 Å². The lowest BCUT2D eigenvalue weighted by atomic mass is 9.95. The number of hydrogen-bond acceptors (Lipinski definition) is 4. The summed E-state index contributed by atoms with van der Waals surface area (Å²) < 4.78 is 10.8. The second kappa shape index (κ2) is 13.8. The number of aliphatic hydroxyl groups is 1. The minimum absolute atomic E-state index is 0.375. The second-order valence-corrected chi connectivity index (χ2v) is 5.47. The van der Waals surface area contributed by atoms with E-state index in [9.17, 15) is 5.11 Å². The fraction of sp³-hybridized carbons (Fsp3) is 1.00. The molecule has 4 nitrogen and oxygen atoms in total. The molecule has 2 N–H and O–H groups in total. The van der Waals surface area contributed by atoms with Crippen molar-refractivity contribution in [2.75, 3.05) is 33.0 Å². The van der Waals surface area contributed by atoms with Crippen molar-refractivity contribution in [2.24, 2.45) is 5.92 Å². The van der Waals surface area contributed by atoms with E-state index >= 15 is 0 Å². The Bertz CT molecular complexity index is 198. The summed E-state index contributed by atoms with van der Waals surface area (Å²) in [7, 11) is 0. The molecule has 4 heteroatoms. The van der Waals surface area contributed by atoms with Crippen molar-refractivity contribution in [3.8, 4) is 0 Å². The molecular weight excluding hydrogens is 254 g/mol. The van der Waals surface area contributed by atoms with E-state index in [0.29, 0.717) is 38.3 Å². The van der Waals surface area contributed by atoms with Gasteiger partial charge in [-0.1, -0.05) is 40.0 Å². The highest BCUT2D eigenvalue weighted by molar-refractivity contribution is 4.71. The SMILES string of the molecule is CCCCOCCOCC(O)CNC(C)C(CC)CC. The molecule has 0 aliphatic carbocycles. The lowest BCUT2D eigenvalue weighted by Gasteiger charge is -2.24. The normalized spacial score (nSPS) is 14.7. The van der Waals surface area contributed by atoms with Gasteiger partial charge in [-0.2, -0.15) is 0 Å². The van der Waals surface area contributed by atoms with Gasteiger partial charge < -0.3 is 19.9 Å². The Kier molecular flexibility index (Phi) is 13.7. The molecule has 0 fully saturated rings. The predicted octanol–water partition coefficient (Wildman–Crippen LogP) is 2.59. The molecule has 0 heterocycles. The Hall–Kier alpha value is -0.160. The van der Waals surface area contributed by atoms with Crippen LogP contribution in [-0.4, -0.2) is 50.2 Å². The topological polar surface area (TPSA) is 50.7 Å². The summed E-state index contributed by atoms with van der Waals surface area (Å²) in [4.78, 5) is 0. The average Bonchev–Trinajstić information content (AvgIpc) is 2.45. The van der Waals surface area contributed by atoms with Crippen molar-refractivity contribution in [3.05, 3.63) is 0 Å². The zero-order valence-electron chi connectivity index (χ0n) is 13.9. The minimum Gasteiger partial charge on any atom is -0.389 e. The number of unbranched alkanes of at least 4 members (excludes halogenated alkanes) is 1. The first-order chi connectivity index (χ1) is 9.65. The van der Waals surface area contributed by atoms with Gasteiger partial charge in [-0.15, -0.1) is 0 Å². The van der Waals surface area contributed by atoms with Crippen LogP contribution in [0.15, 0.2) is 0 Å². The first-order valence-electron chi connectivity index (χ1n) is 8.22. The van der Waals surface area contributed by atoms with Crippen molar-refractivity contribution in [2.45, 2.75) is 65.5 Å². The van der Waals surface area contributed by atoms with Crippen LogP contribution >= 0.6 is 0 Å². The summed E-state index contributed by atoms with van der Waals surface area (Å²) in [6, 6.07) is 0.442. The first kappa shape index (κ1) is 19.8. The fourth-order valence-electron chi connectivity index (χ4n) is 2.23. The highest BCUT2D eigenvalue weighted by atomic mass is 16.5. The Labute approximate surface area is 125 Å². The van der Waals surface area contributed by atoms with Crippen LogP contribution in [0.3, 0.4) is 0 Å². The largest absolute Gasteiger partial charge is 0.389 e. The van der Waals surface area contributed by atoms with E-state index in [1.807, 2.05) is 0 Å². The molecule has 0 saturated heterocycles. The molecule has 0 aromatic rings. The summed E-state index contributed by atoms with van der Waals surface area (Å²) in [6.07, 6.45) is 4.15. The smallest absolute Gasteiger partial charge is 0.0897 e. The molecule has 2 unspecified atom stereocenters. The highest BCUT2D eigenvalue weighted by Gasteiger charge is 2.14. The molecule has 0 radical (unpaired) electrons. The zero-order valence-corrected chi connectivity index (χ0v) is 13.9. The third-order valence-corrected chi connectivity index (χ3v) is 3.76. The Morgan fingerprint density at radius 3 is 2.25 bits per heavy atom. The minimum atomic E-state index is -0.442. The van der Waals surface area contributed by atoms with Gasteiger partial charge >= 0.3 is 0 Å². The van der Waals surface area contributed by atoms with Crippen molar-refractivity contribution in [1.82, 2.24) is 5.32 Å². The quantitative estimate of drug-likeness (QED) is 0.483. The molecule has 0 aliphatic rings. The van der Waals surface area contributed by atoms with E-state index < -0.39 is 6.10 Å². The highest BCUT2D eigenvalue weighted by Crippen LogP contribution is 2.12. The zero-order chi connectivity index (χ0) is 15.2. The maximum atomic E-state index is 9.84. The van der Waals surface area contributed by atoms with Gasteiger partial charge in [0.15, 0.2) is 0 Å². The third-order valence-electron chi connectivity index (χ3n) is 3.76. The number of nitrogens with one attached hydrogen (secondary N) is 1. The molecule has 122 valence electrons. The molecule has 20 heavy (non-hydrogen) atoms. The average molecular weight is 289 g/mol. The van der Waals surface area contributed by atoms with E-state index in [4.69, 9.17) is 9.47 Å². The fourth-order valence-corrected chi connectivity index (χ4v) is 2.23. The van der Waals surface area contributed by atoms with Crippen molar-refractivity contribution < 1.29 is 14.6 Å².